The predicted octanol–water partition coefficient (Wildman–Crippen LogP) is 2.43. The van der Waals surface area contributed by atoms with Crippen molar-refractivity contribution >= 4 is 16.8 Å². The number of fused-ring (bicyclic) bond motifs is 1. The minimum absolute atomic E-state index is 0.0307. The maximum atomic E-state index is 12.3. The number of para-hydroxylation sites is 1. The number of carbonyl (C=O) groups excluding carboxylic acids is 1. The zero-order valence-electron chi connectivity index (χ0n) is 10.4. The van der Waals surface area contributed by atoms with Crippen LogP contribution in [-0.2, 0) is 0 Å². The van der Waals surface area contributed by atoms with Gasteiger partial charge in [0.25, 0.3) is 5.91 Å². The zero-order valence-corrected chi connectivity index (χ0v) is 10.4. The number of nitrogens with zero attached hydrogens (tertiary/aromatic N) is 2. The monoisotopic (exact) mass is 231 g/mol. The minimum atomic E-state index is -0.0307. The summed E-state index contributed by atoms with van der Waals surface area (Å²) in [5.41, 5.74) is 1.40. The Morgan fingerprint density at radius 2 is 2.18 bits per heavy atom. The molecule has 0 aliphatic rings. The highest BCUT2D eigenvalue weighted by Crippen LogP contribution is 2.17. The molecule has 0 saturated heterocycles. The molecule has 0 fully saturated rings. The fourth-order valence-corrected chi connectivity index (χ4v) is 1.77. The predicted molar refractivity (Wildman–Crippen MR) is 67.9 cm³/mol. The molecule has 4 nitrogen and oxygen atoms in total. The summed E-state index contributed by atoms with van der Waals surface area (Å²) in [6.45, 7) is 4.10. The van der Waals surface area contributed by atoms with E-state index in [2.05, 4.69) is 17.1 Å². The van der Waals surface area contributed by atoms with Crippen molar-refractivity contribution in [3.8, 4) is 0 Å². The van der Waals surface area contributed by atoms with Crippen LogP contribution in [-0.4, -0.2) is 34.1 Å². The molecule has 0 aliphatic carbocycles. The van der Waals surface area contributed by atoms with Crippen LogP contribution in [0.1, 0.15) is 30.8 Å². The summed E-state index contributed by atoms with van der Waals surface area (Å²) in [6.07, 6.45) is 0.935. The summed E-state index contributed by atoms with van der Waals surface area (Å²) in [4.78, 5) is 14.0. The molecule has 2 rings (SSSR count). The van der Waals surface area contributed by atoms with E-state index in [0.717, 1.165) is 17.3 Å². The normalized spacial score (nSPS) is 12.6. The third kappa shape index (κ3) is 2.02. The summed E-state index contributed by atoms with van der Waals surface area (Å²) in [6, 6.07) is 7.89. The van der Waals surface area contributed by atoms with Crippen LogP contribution < -0.4 is 0 Å². The Balaban J connectivity index is 2.37. The van der Waals surface area contributed by atoms with Gasteiger partial charge in [-0.15, -0.1) is 0 Å². The maximum Gasteiger partial charge on any atom is 0.274 e. The van der Waals surface area contributed by atoms with Crippen molar-refractivity contribution in [3.05, 3.63) is 30.0 Å². The lowest BCUT2D eigenvalue weighted by Gasteiger charge is -2.22. The van der Waals surface area contributed by atoms with Gasteiger partial charge in [0.05, 0.1) is 5.52 Å². The molecule has 1 atom stereocenters. The van der Waals surface area contributed by atoms with E-state index in [1.807, 2.05) is 38.2 Å². The molecular weight excluding hydrogens is 214 g/mol. The number of hydrogen-bond acceptors (Lipinski definition) is 2. The van der Waals surface area contributed by atoms with E-state index in [1.54, 1.807) is 4.90 Å². The second kappa shape index (κ2) is 4.57. The smallest absolute Gasteiger partial charge is 0.274 e. The number of nitrogens with one attached hydrogen (secondary N) is 1. The Morgan fingerprint density at radius 1 is 1.47 bits per heavy atom. The van der Waals surface area contributed by atoms with Crippen LogP contribution in [0.15, 0.2) is 24.3 Å². The van der Waals surface area contributed by atoms with Crippen LogP contribution in [0.2, 0.25) is 0 Å². The largest absolute Gasteiger partial charge is 0.338 e. The van der Waals surface area contributed by atoms with Crippen LogP contribution in [0.5, 0.6) is 0 Å². The second-order valence-corrected chi connectivity index (χ2v) is 4.29. The first-order chi connectivity index (χ1) is 8.15. The van der Waals surface area contributed by atoms with E-state index >= 15 is 0 Å². The van der Waals surface area contributed by atoms with Crippen molar-refractivity contribution in [2.45, 2.75) is 26.3 Å². The Hall–Kier alpha value is -1.84. The number of H-pyrrole nitrogens is 1. The topological polar surface area (TPSA) is 49.0 Å². The lowest BCUT2D eigenvalue weighted by molar-refractivity contribution is 0.0736. The van der Waals surface area contributed by atoms with Gasteiger partial charge >= 0.3 is 0 Å². The Bertz CT molecular complexity index is 532. The van der Waals surface area contributed by atoms with E-state index in [0.29, 0.717) is 5.69 Å². The first-order valence-electron chi connectivity index (χ1n) is 5.85. The molecule has 1 unspecified atom stereocenters. The SMILES string of the molecule is CCC(C)N(C)C(=O)c1n[nH]c2ccccc12. The number of carbonyl (C=O) groups is 1. The highest BCUT2D eigenvalue weighted by Gasteiger charge is 2.20. The van der Waals surface area contributed by atoms with Gasteiger partial charge in [0.1, 0.15) is 0 Å². The van der Waals surface area contributed by atoms with Gasteiger partial charge in [-0.05, 0) is 19.4 Å². The first kappa shape index (κ1) is 11.6. The maximum absolute atomic E-state index is 12.3. The van der Waals surface area contributed by atoms with E-state index in [1.165, 1.54) is 0 Å². The molecule has 0 saturated carbocycles. The molecule has 0 radical (unpaired) electrons. The first-order valence-corrected chi connectivity index (χ1v) is 5.85. The minimum Gasteiger partial charge on any atom is -0.338 e. The number of hydrogen-bond donors (Lipinski definition) is 1. The van der Waals surface area contributed by atoms with Crippen molar-refractivity contribution in [1.82, 2.24) is 15.1 Å². The van der Waals surface area contributed by atoms with E-state index in [4.69, 9.17) is 0 Å². The summed E-state index contributed by atoms with van der Waals surface area (Å²) >= 11 is 0. The average Bonchev–Trinajstić information content (AvgIpc) is 2.79. The number of aromatic nitrogens is 2. The average molecular weight is 231 g/mol. The molecule has 2 aromatic rings. The van der Waals surface area contributed by atoms with E-state index in [9.17, 15) is 4.79 Å². The van der Waals surface area contributed by atoms with Crippen molar-refractivity contribution in [1.29, 1.82) is 0 Å². The van der Waals surface area contributed by atoms with Gasteiger partial charge in [-0.25, -0.2) is 0 Å². The number of benzene rings is 1. The van der Waals surface area contributed by atoms with Gasteiger partial charge in [-0.3, -0.25) is 9.89 Å². The van der Waals surface area contributed by atoms with Gasteiger partial charge in [0.2, 0.25) is 0 Å². The molecule has 90 valence electrons. The standard InChI is InChI=1S/C13H17N3O/c1-4-9(2)16(3)13(17)12-10-7-5-6-8-11(10)14-15-12/h5-9H,4H2,1-3H3,(H,14,15). The van der Waals surface area contributed by atoms with E-state index < -0.39 is 0 Å². The lowest BCUT2D eigenvalue weighted by Crippen LogP contribution is -2.34. The molecule has 0 spiro atoms. The van der Waals surface area contributed by atoms with Crippen LogP contribution in [0.4, 0.5) is 0 Å². The Labute approximate surface area is 101 Å². The van der Waals surface area contributed by atoms with Crippen molar-refractivity contribution < 1.29 is 4.79 Å². The van der Waals surface area contributed by atoms with Crippen molar-refractivity contribution in [3.63, 3.8) is 0 Å². The molecule has 1 N–H and O–H groups in total. The number of amides is 1. The van der Waals surface area contributed by atoms with Crippen LogP contribution in [0, 0.1) is 0 Å². The van der Waals surface area contributed by atoms with Gasteiger partial charge in [-0.2, -0.15) is 5.10 Å². The molecule has 1 amide bonds. The summed E-state index contributed by atoms with van der Waals surface area (Å²) in [5, 5.41) is 7.88. The highest BCUT2D eigenvalue weighted by molar-refractivity contribution is 6.04. The summed E-state index contributed by atoms with van der Waals surface area (Å²) < 4.78 is 0. The quantitative estimate of drug-likeness (QED) is 0.882. The molecular formula is C13H17N3O. The fourth-order valence-electron chi connectivity index (χ4n) is 1.77. The van der Waals surface area contributed by atoms with E-state index in [-0.39, 0.29) is 11.9 Å². The van der Waals surface area contributed by atoms with Crippen molar-refractivity contribution in [2.75, 3.05) is 7.05 Å². The third-order valence-corrected chi connectivity index (χ3v) is 3.25. The number of rotatable bonds is 3. The van der Waals surface area contributed by atoms with Crippen LogP contribution in [0.3, 0.4) is 0 Å². The van der Waals surface area contributed by atoms with Gasteiger partial charge in [-0.1, -0.05) is 25.1 Å². The fraction of sp³-hybridized carbons (Fsp3) is 0.385. The molecule has 1 aromatic heterocycles. The van der Waals surface area contributed by atoms with Gasteiger partial charge < -0.3 is 4.90 Å². The Morgan fingerprint density at radius 3 is 2.88 bits per heavy atom. The second-order valence-electron chi connectivity index (χ2n) is 4.29. The van der Waals surface area contributed by atoms with Crippen LogP contribution >= 0.6 is 0 Å². The van der Waals surface area contributed by atoms with Gasteiger partial charge in [0.15, 0.2) is 5.69 Å². The molecule has 1 heterocycles. The van der Waals surface area contributed by atoms with Crippen molar-refractivity contribution in [2.24, 2.45) is 0 Å². The molecule has 4 heteroatoms. The molecule has 0 aliphatic heterocycles. The van der Waals surface area contributed by atoms with Gasteiger partial charge in [0, 0.05) is 18.5 Å². The number of aromatic amines is 1. The van der Waals surface area contributed by atoms with Crippen LogP contribution in [0.25, 0.3) is 10.9 Å². The molecule has 0 bridgehead atoms. The Kier molecular flexibility index (Phi) is 3.13. The molecule has 1 aromatic carbocycles. The summed E-state index contributed by atoms with van der Waals surface area (Å²) in [7, 11) is 1.82. The lowest BCUT2D eigenvalue weighted by atomic mass is 10.1. The summed E-state index contributed by atoms with van der Waals surface area (Å²) in [5.74, 6) is -0.0307. The third-order valence-electron chi connectivity index (χ3n) is 3.25. The highest BCUT2D eigenvalue weighted by atomic mass is 16.2. The zero-order chi connectivity index (χ0) is 12.4. The molecule has 17 heavy (non-hydrogen) atoms.